The first kappa shape index (κ1) is 22.5. The highest BCUT2D eigenvalue weighted by Gasteiger charge is 2.18. The van der Waals surface area contributed by atoms with Crippen LogP contribution >= 0.6 is 0 Å². The Labute approximate surface area is 162 Å². The summed E-state index contributed by atoms with van der Waals surface area (Å²) < 4.78 is 5.02. The summed E-state index contributed by atoms with van der Waals surface area (Å²) in [6.45, 7) is 9.29. The number of carbonyl (C=O) groups excluding carboxylic acids is 2. The van der Waals surface area contributed by atoms with Gasteiger partial charge in [-0.1, -0.05) is 33.8 Å². The van der Waals surface area contributed by atoms with E-state index in [4.69, 9.17) is 4.74 Å². The highest BCUT2D eigenvalue weighted by Crippen LogP contribution is 2.27. The van der Waals surface area contributed by atoms with Gasteiger partial charge in [0.1, 0.15) is 5.57 Å². The Morgan fingerprint density at radius 3 is 1.96 bits per heavy atom. The zero-order valence-corrected chi connectivity index (χ0v) is 17.0. The van der Waals surface area contributed by atoms with Crippen molar-refractivity contribution in [1.29, 1.82) is 0 Å². The number of amides is 2. The zero-order valence-electron chi connectivity index (χ0n) is 17.0. The fraction of sp³-hybridized carbons (Fsp3) is 0.524. The van der Waals surface area contributed by atoms with E-state index in [1.807, 2.05) is 0 Å². The molecule has 27 heavy (non-hydrogen) atoms. The molecule has 1 rings (SSSR count). The fourth-order valence-electron chi connectivity index (χ4n) is 2.34. The molecule has 1 aromatic carbocycles. The van der Waals surface area contributed by atoms with E-state index in [-0.39, 0.29) is 11.3 Å². The normalized spacial score (nSPS) is 10.6. The monoisotopic (exact) mass is 376 g/mol. The number of carbonyl (C=O) groups is 2. The van der Waals surface area contributed by atoms with Crippen LogP contribution in [0.3, 0.4) is 0 Å². The fourth-order valence-corrected chi connectivity index (χ4v) is 2.34. The summed E-state index contributed by atoms with van der Waals surface area (Å²) >= 11 is 0. The van der Waals surface area contributed by atoms with Crippen molar-refractivity contribution in [3.8, 4) is 11.5 Å². The number of benzene rings is 1. The lowest BCUT2D eigenvalue weighted by atomic mass is 10.1. The number of ether oxygens (including phenoxy) is 1. The van der Waals surface area contributed by atoms with E-state index in [9.17, 15) is 14.7 Å². The van der Waals surface area contributed by atoms with Crippen molar-refractivity contribution in [2.75, 3.05) is 20.2 Å². The summed E-state index contributed by atoms with van der Waals surface area (Å²) in [5, 5.41) is 15.5. The largest absolute Gasteiger partial charge is 0.504 e. The van der Waals surface area contributed by atoms with Crippen LogP contribution in [-0.2, 0) is 9.59 Å². The number of rotatable bonds is 10. The zero-order chi connectivity index (χ0) is 20.4. The van der Waals surface area contributed by atoms with Gasteiger partial charge in [-0.3, -0.25) is 9.59 Å². The van der Waals surface area contributed by atoms with E-state index in [1.54, 1.807) is 12.1 Å². The second-order valence-corrected chi connectivity index (χ2v) is 7.37. The molecule has 0 aliphatic rings. The van der Waals surface area contributed by atoms with E-state index >= 15 is 0 Å². The Kier molecular flexibility index (Phi) is 9.40. The molecular formula is C21H32N2O4. The number of phenols is 1. The first-order valence-corrected chi connectivity index (χ1v) is 9.39. The second-order valence-electron chi connectivity index (χ2n) is 7.37. The lowest BCUT2D eigenvalue weighted by Gasteiger charge is -2.12. The number of methoxy groups -OCH3 is 1. The summed E-state index contributed by atoms with van der Waals surface area (Å²) in [6, 6.07) is 4.73. The Balaban J connectivity index is 2.99. The molecule has 3 N–H and O–H groups in total. The van der Waals surface area contributed by atoms with E-state index < -0.39 is 11.8 Å². The molecule has 0 saturated heterocycles. The maximum Gasteiger partial charge on any atom is 0.256 e. The van der Waals surface area contributed by atoms with Crippen molar-refractivity contribution < 1.29 is 19.4 Å². The Hall–Kier alpha value is -2.50. The van der Waals surface area contributed by atoms with E-state index in [2.05, 4.69) is 38.3 Å². The standard InChI is InChI=1S/C21H32N2O4/c1-14(2)8-10-22-20(25)17(21(26)23-11-9-15(3)4)12-16-6-7-19(27-5)18(24)13-16/h6-7,12-15,24H,8-11H2,1-5H3,(H,22,25)(H,23,26). The molecular weight excluding hydrogens is 344 g/mol. The minimum Gasteiger partial charge on any atom is -0.504 e. The average Bonchev–Trinajstić information content (AvgIpc) is 2.58. The second kappa shape index (κ2) is 11.3. The molecule has 0 unspecified atom stereocenters. The van der Waals surface area contributed by atoms with Crippen molar-refractivity contribution in [1.82, 2.24) is 10.6 Å². The number of phenolic OH excluding ortho intramolecular Hbond substituents is 1. The minimum absolute atomic E-state index is 0.0204. The van der Waals surface area contributed by atoms with Crippen molar-refractivity contribution >= 4 is 17.9 Å². The van der Waals surface area contributed by atoms with Gasteiger partial charge in [0.2, 0.25) is 0 Å². The van der Waals surface area contributed by atoms with Gasteiger partial charge in [-0.05, 0) is 48.4 Å². The first-order valence-electron chi connectivity index (χ1n) is 9.39. The van der Waals surface area contributed by atoms with Crippen molar-refractivity contribution in [2.45, 2.75) is 40.5 Å². The molecule has 6 heteroatoms. The van der Waals surface area contributed by atoms with Crippen LogP contribution in [0.4, 0.5) is 0 Å². The molecule has 6 nitrogen and oxygen atoms in total. The van der Waals surface area contributed by atoms with Gasteiger partial charge >= 0.3 is 0 Å². The molecule has 0 bridgehead atoms. The first-order chi connectivity index (χ1) is 12.7. The third kappa shape index (κ3) is 8.15. The quantitative estimate of drug-likeness (QED) is 0.333. The van der Waals surface area contributed by atoms with Crippen LogP contribution in [0.15, 0.2) is 23.8 Å². The van der Waals surface area contributed by atoms with Gasteiger partial charge in [0.15, 0.2) is 11.5 Å². The Bertz CT molecular complexity index is 638. The Morgan fingerprint density at radius 2 is 1.56 bits per heavy atom. The topological polar surface area (TPSA) is 87.7 Å². The highest BCUT2D eigenvalue weighted by molar-refractivity contribution is 6.21. The van der Waals surface area contributed by atoms with Crippen LogP contribution in [0.25, 0.3) is 6.08 Å². The molecule has 0 aliphatic carbocycles. The van der Waals surface area contributed by atoms with Gasteiger partial charge in [-0.2, -0.15) is 0 Å². The summed E-state index contributed by atoms with van der Waals surface area (Å²) in [5.74, 6) is 0.343. The van der Waals surface area contributed by atoms with E-state index in [1.165, 1.54) is 19.3 Å². The molecule has 0 spiro atoms. The summed E-state index contributed by atoms with van der Waals surface area (Å²) in [5.41, 5.74) is 0.563. The van der Waals surface area contributed by atoms with Gasteiger partial charge in [-0.15, -0.1) is 0 Å². The number of hydrogen-bond donors (Lipinski definition) is 3. The lowest BCUT2D eigenvalue weighted by molar-refractivity contribution is -0.123. The van der Waals surface area contributed by atoms with Crippen molar-refractivity contribution in [3.63, 3.8) is 0 Å². The molecule has 0 fully saturated rings. The van der Waals surface area contributed by atoms with Crippen molar-refractivity contribution in [3.05, 3.63) is 29.3 Å². The molecule has 2 amide bonds. The smallest absolute Gasteiger partial charge is 0.256 e. The highest BCUT2D eigenvalue weighted by atomic mass is 16.5. The van der Waals surface area contributed by atoms with Crippen molar-refractivity contribution in [2.24, 2.45) is 11.8 Å². The van der Waals surface area contributed by atoms with Gasteiger partial charge in [0, 0.05) is 13.1 Å². The molecule has 1 aromatic rings. The van der Waals surface area contributed by atoms with Crippen LogP contribution in [-0.4, -0.2) is 37.1 Å². The predicted molar refractivity (Wildman–Crippen MR) is 108 cm³/mol. The summed E-state index contributed by atoms with van der Waals surface area (Å²) in [7, 11) is 1.46. The molecule has 150 valence electrons. The molecule has 0 atom stereocenters. The SMILES string of the molecule is COc1ccc(C=C(C(=O)NCCC(C)C)C(=O)NCCC(C)C)cc1O. The van der Waals surface area contributed by atoms with Crippen LogP contribution in [0, 0.1) is 11.8 Å². The van der Waals surface area contributed by atoms with Crippen LogP contribution in [0.1, 0.15) is 46.1 Å². The lowest BCUT2D eigenvalue weighted by Crippen LogP contribution is -2.36. The van der Waals surface area contributed by atoms with Gasteiger partial charge in [0.05, 0.1) is 7.11 Å². The number of nitrogens with one attached hydrogen (secondary N) is 2. The number of aromatic hydroxyl groups is 1. The predicted octanol–water partition coefficient (Wildman–Crippen LogP) is 3.11. The van der Waals surface area contributed by atoms with E-state index in [0.717, 1.165) is 12.8 Å². The third-order valence-electron chi connectivity index (χ3n) is 4.02. The average molecular weight is 376 g/mol. The maximum atomic E-state index is 12.5. The molecule has 0 aromatic heterocycles. The molecule has 0 heterocycles. The summed E-state index contributed by atoms with van der Waals surface area (Å²) in [4.78, 5) is 25.1. The van der Waals surface area contributed by atoms with Gasteiger partial charge in [0.25, 0.3) is 11.8 Å². The number of hydrogen-bond acceptors (Lipinski definition) is 4. The van der Waals surface area contributed by atoms with Gasteiger partial charge < -0.3 is 20.5 Å². The molecule has 0 saturated carbocycles. The maximum absolute atomic E-state index is 12.5. The molecule has 0 aliphatic heterocycles. The van der Waals surface area contributed by atoms with Crippen LogP contribution < -0.4 is 15.4 Å². The van der Waals surface area contributed by atoms with E-state index in [0.29, 0.717) is 36.2 Å². The third-order valence-corrected chi connectivity index (χ3v) is 4.02. The van der Waals surface area contributed by atoms with Crippen LogP contribution in [0.5, 0.6) is 11.5 Å². The Morgan fingerprint density at radius 1 is 1.04 bits per heavy atom. The summed E-state index contributed by atoms with van der Waals surface area (Å²) in [6.07, 6.45) is 3.14. The molecule has 0 radical (unpaired) electrons. The minimum atomic E-state index is -0.423. The van der Waals surface area contributed by atoms with Gasteiger partial charge in [-0.25, -0.2) is 0 Å². The van der Waals surface area contributed by atoms with Crippen LogP contribution in [0.2, 0.25) is 0 Å².